The first-order chi connectivity index (χ1) is 12.0. The maximum atomic E-state index is 12.7. The zero-order valence-electron chi connectivity index (χ0n) is 15.5. The Morgan fingerprint density at radius 1 is 1.20 bits per heavy atom. The van der Waals surface area contributed by atoms with Crippen LogP contribution in [0, 0.1) is 0 Å². The Balaban J connectivity index is 2.13. The summed E-state index contributed by atoms with van der Waals surface area (Å²) < 4.78 is 9.72. The highest BCUT2D eigenvalue weighted by molar-refractivity contribution is 5.71. The first kappa shape index (κ1) is 17.9. The van der Waals surface area contributed by atoms with Crippen molar-refractivity contribution < 1.29 is 4.74 Å². The Kier molecular flexibility index (Phi) is 5.10. The molecular weight excluding hydrogens is 322 g/mol. The predicted octanol–water partition coefficient (Wildman–Crippen LogP) is 0.455. The minimum Gasteiger partial charge on any atom is -0.383 e. The zero-order chi connectivity index (χ0) is 18.1. The number of nitrogens with zero attached hydrogens (tertiary/aromatic N) is 5. The van der Waals surface area contributed by atoms with Gasteiger partial charge in [-0.3, -0.25) is 18.8 Å². The van der Waals surface area contributed by atoms with Crippen LogP contribution >= 0.6 is 0 Å². The molecule has 1 aliphatic heterocycles. The molecule has 0 saturated carbocycles. The van der Waals surface area contributed by atoms with E-state index in [-0.39, 0.29) is 11.2 Å². The molecule has 0 aliphatic carbocycles. The molecule has 0 unspecified atom stereocenters. The Labute approximate surface area is 146 Å². The second kappa shape index (κ2) is 7.13. The van der Waals surface area contributed by atoms with E-state index in [2.05, 4.69) is 16.8 Å². The molecule has 0 aromatic carbocycles. The van der Waals surface area contributed by atoms with E-state index < -0.39 is 0 Å². The third-order valence-electron chi connectivity index (χ3n) is 5.23. The highest BCUT2D eigenvalue weighted by atomic mass is 16.5. The summed E-state index contributed by atoms with van der Waals surface area (Å²) in [4.78, 5) is 32.0. The lowest BCUT2D eigenvalue weighted by atomic mass is 10.0. The summed E-state index contributed by atoms with van der Waals surface area (Å²) in [5.74, 6) is 0.819. The molecule has 1 fully saturated rings. The van der Waals surface area contributed by atoms with Crippen molar-refractivity contribution in [3.63, 3.8) is 0 Å². The van der Waals surface area contributed by atoms with E-state index in [4.69, 9.17) is 4.74 Å². The van der Waals surface area contributed by atoms with Crippen LogP contribution in [-0.2, 0) is 31.9 Å². The van der Waals surface area contributed by atoms with E-state index in [1.165, 1.54) is 30.9 Å². The van der Waals surface area contributed by atoms with Crippen LogP contribution in [0.5, 0.6) is 0 Å². The summed E-state index contributed by atoms with van der Waals surface area (Å²) in [6.07, 6.45) is 3.62. The van der Waals surface area contributed by atoms with E-state index in [0.717, 1.165) is 16.9 Å². The maximum absolute atomic E-state index is 12.7. The normalized spacial score (nSPS) is 19.0. The van der Waals surface area contributed by atoms with Gasteiger partial charge in [0, 0.05) is 33.8 Å². The standard InChI is InChI=1S/C17H27N5O3/c1-12-7-5-6-8-21(12)11-13-18-15-14(22(13)9-10-25-4)16(23)20(3)17(24)19(15)2/h12H,5-11H2,1-4H3/t12-/m1/s1. The van der Waals surface area contributed by atoms with Gasteiger partial charge >= 0.3 is 5.69 Å². The van der Waals surface area contributed by atoms with Crippen LogP contribution in [-0.4, -0.2) is 49.9 Å². The lowest BCUT2D eigenvalue weighted by Gasteiger charge is -2.33. The van der Waals surface area contributed by atoms with Crippen LogP contribution in [0.3, 0.4) is 0 Å². The molecule has 3 heterocycles. The number of aromatic nitrogens is 4. The Bertz CT molecular complexity index is 879. The molecule has 0 radical (unpaired) electrons. The molecule has 0 amide bonds. The average Bonchev–Trinajstić information content (AvgIpc) is 2.96. The SMILES string of the molecule is COCCn1c(CN2CCCC[C@H]2C)nc2c1c(=O)n(C)c(=O)n2C. The van der Waals surface area contributed by atoms with Crippen LogP contribution < -0.4 is 11.2 Å². The van der Waals surface area contributed by atoms with Crippen molar-refractivity contribution in [1.29, 1.82) is 0 Å². The molecule has 8 nitrogen and oxygen atoms in total. The summed E-state index contributed by atoms with van der Waals surface area (Å²) in [6, 6.07) is 0.496. The lowest BCUT2D eigenvalue weighted by molar-refractivity contribution is 0.144. The van der Waals surface area contributed by atoms with Gasteiger partial charge in [-0.15, -0.1) is 0 Å². The van der Waals surface area contributed by atoms with Gasteiger partial charge < -0.3 is 9.30 Å². The number of rotatable bonds is 5. The molecule has 1 saturated heterocycles. The lowest BCUT2D eigenvalue weighted by Crippen LogP contribution is -2.38. The number of imidazole rings is 1. The molecule has 0 spiro atoms. The van der Waals surface area contributed by atoms with Gasteiger partial charge in [0.25, 0.3) is 5.56 Å². The van der Waals surface area contributed by atoms with Gasteiger partial charge in [0.2, 0.25) is 0 Å². The summed E-state index contributed by atoms with van der Waals surface area (Å²) in [6.45, 7) is 4.97. The van der Waals surface area contributed by atoms with Gasteiger partial charge in [-0.1, -0.05) is 6.42 Å². The van der Waals surface area contributed by atoms with Gasteiger partial charge in [0.05, 0.1) is 13.2 Å². The molecule has 3 rings (SSSR count). The van der Waals surface area contributed by atoms with Gasteiger partial charge in [0.1, 0.15) is 5.82 Å². The van der Waals surface area contributed by atoms with Crippen molar-refractivity contribution in [1.82, 2.24) is 23.6 Å². The van der Waals surface area contributed by atoms with Crippen molar-refractivity contribution in [3.05, 3.63) is 26.7 Å². The van der Waals surface area contributed by atoms with Gasteiger partial charge in [0.15, 0.2) is 11.2 Å². The number of likely N-dealkylation sites (tertiary alicyclic amines) is 1. The Morgan fingerprint density at radius 3 is 2.64 bits per heavy atom. The molecule has 1 aliphatic rings. The molecule has 0 bridgehead atoms. The van der Waals surface area contributed by atoms with E-state index in [1.807, 2.05) is 4.57 Å². The maximum Gasteiger partial charge on any atom is 0.332 e. The third kappa shape index (κ3) is 3.16. The summed E-state index contributed by atoms with van der Waals surface area (Å²) >= 11 is 0. The van der Waals surface area contributed by atoms with Crippen LogP contribution in [0.1, 0.15) is 32.0 Å². The van der Waals surface area contributed by atoms with Gasteiger partial charge in [-0.25, -0.2) is 9.78 Å². The van der Waals surface area contributed by atoms with Crippen LogP contribution in [0.4, 0.5) is 0 Å². The molecular formula is C17H27N5O3. The van der Waals surface area contributed by atoms with Crippen molar-refractivity contribution in [2.24, 2.45) is 14.1 Å². The second-order valence-corrected chi connectivity index (χ2v) is 6.87. The minimum absolute atomic E-state index is 0.306. The van der Waals surface area contributed by atoms with Crippen LogP contribution in [0.2, 0.25) is 0 Å². The van der Waals surface area contributed by atoms with Crippen molar-refractivity contribution in [2.75, 3.05) is 20.3 Å². The summed E-state index contributed by atoms with van der Waals surface area (Å²) in [5, 5.41) is 0. The summed E-state index contributed by atoms with van der Waals surface area (Å²) in [5.41, 5.74) is 0.261. The minimum atomic E-state index is -0.355. The van der Waals surface area contributed by atoms with E-state index in [9.17, 15) is 9.59 Å². The number of hydrogen-bond acceptors (Lipinski definition) is 5. The molecule has 2 aromatic heterocycles. The fraction of sp³-hybridized carbons (Fsp3) is 0.706. The predicted molar refractivity (Wildman–Crippen MR) is 95.8 cm³/mol. The highest BCUT2D eigenvalue weighted by Crippen LogP contribution is 2.20. The molecule has 25 heavy (non-hydrogen) atoms. The zero-order valence-corrected chi connectivity index (χ0v) is 15.5. The van der Waals surface area contributed by atoms with Crippen molar-refractivity contribution in [3.8, 4) is 0 Å². The molecule has 2 aromatic rings. The summed E-state index contributed by atoms with van der Waals surface area (Å²) in [7, 11) is 4.80. The molecule has 138 valence electrons. The fourth-order valence-electron chi connectivity index (χ4n) is 3.61. The average molecular weight is 349 g/mol. The first-order valence-corrected chi connectivity index (χ1v) is 8.83. The quantitative estimate of drug-likeness (QED) is 0.784. The molecule has 8 heteroatoms. The number of fused-ring (bicyclic) bond motifs is 1. The number of piperidine rings is 1. The topological polar surface area (TPSA) is 74.3 Å². The van der Waals surface area contributed by atoms with E-state index >= 15 is 0 Å². The number of ether oxygens (including phenoxy) is 1. The van der Waals surface area contributed by atoms with E-state index in [0.29, 0.717) is 36.9 Å². The van der Waals surface area contributed by atoms with Crippen molar-refractivity contribution in [2.45, 2.75) is 45.3 Å². The first-order valence-electron chi connectivity index (χ1n) is 8.83. The van der Waals surface area contributed by atoms with Gasteiger partial charge in [-0.05, 0) is 26.3 Å². The largest absolute Gasteiger partial charge is 0.383 e. The Hall–Kier alpha value is -1.93. The smallest absolute Gasteiger partial charge is 0.332 e. The van der Waals surface area contributed by atoms with Crippen LogP contribution in [0.15, 0.2) is 9.59 Å². The fourth-order valence-corrected chi connectivity index (χ4v) is 3.61. The number of methoxy groups -OCH3 is 1. The number of aryl methyl sites for hydroxylation is 1. The molecule has 0 N–H and O–H groups in total. The third-order valence-corrected chi connectivity index (χ3v) is 5.23. The van der Waals surface area contributed by atoms with Gasteiger partial charge in [-0.2, -0.15) is 0 Å². The highest BCUT2D eigenvalue weighted by Gasteiger charge is 2.23. The van der Waals surface area contributed by atoms with Crippen LogP contribution in [0.25, 0.3) is 11.2 Å². The monoisotopic (exact) mass is 349 g/mol. The number of hydrogen-bond donors (Lipinski definition) is 0. The second-order valence-electron chi connectivity index (χ2n) is 6.87. The van der Waals surface area contributed by atoms with Crippen molar-refractivity contribution >= 4 is 11.2 Å². The Morgan fingerprint density at radius 2 is 1.96 bits per heavy atom. The van der Waals surface area contributed by atoms with E-state index in [1.54, 1.807) is 14.2 Å². The molecule has 1 atom stereocenters.